The van der Waals surface area contributed by atoms with Crippen LogP contribution in [-0.2, 0) is 17.6 Å². The van der Waals surface area contributed by atoms with E-state index in [-0.39, 0.29) is 11.9 Å². The van der Waals surface area contributed by atoms with E-state index in [0.717, 1.165) is 29.1 Å². The van der Waals surface area contributed by atoms with Crippen LogP contribution in [-0.4, -0.2) is 47.9 Å². The zero-order chi connectivity index (χ0) is 24.0. The molecule has 7 nitrogen and oxygen atoms in total. The molecule has 0 aliphatic heterocycles. The molecule has 3 aromatic rings. The zero-order valence-electron chi connectivity index (χ0n) is 20.3. The fourth-order valence-corrected chi connectivity index (χ4v) is 3.52. The van der Waals surface area contributed by atoms with E-state index in [9.17, 15) is 4.79 Å². The number of nitrogens with zero attached hydrogens (tertiary/aromatic N) is 3. The molecule has 0 saturated carbocycles. The molecule has 0 unspecified atom stereocenters. The van der Waals surface area contributed by atoms with Crippen LogP contribution < -0.4 is 14.2 Å². The fraction of sp³-hybridized carbons (Fsp3) is 0.385. The van der Waals surface area contributed by atoms with Gasteiger partial charge in [-0.1, -0.05) is 19.1 Å². The number of methoxy groups -OCH3 is 2. The van der Waals surface area contributed by atoms with Crippen LogP contribution in [0.2, 0.25) is 0 Å². The summed E-state index contributed by atoms with van der Waals surface area (Å²) in [5, 5.41) is 4.85. The van der Waals surface area contributed by atoms with Crippen molar-refractivity contribution in [1.29, 1.82) is 0 Å². The summed E-state index contributed by atoms with van der Waals surface area (Å²) in [5.41, 5.74) is 2.66. The van der Waals surface area contributed by atoms with Gasteiger partial charge in [0, 0.05) is 25.1 Å². The van der Waals surface area contributed by atoms with Crippen molar-refractivity contribution < 1.29 is 19.0 Å². The number of carbonyl (C=O) groups excluding carboxylic acids is 1. The Hall–Kier alpha value is -3.48. The Morgan fingerprint density at radius 1 is 1.03 bits per heavy atom. The number of benzene rings is 2. The molecule has 176 valence electrons. The van der Waals surface area contributed by atoms with Gasteiger partial charge < -0.3 is 19.1 Å². The van der Waals surface area contributed by atoms with Crippen LogP contribution in [0, 0.1) is 0 Å². The highest BCUT2D eigenvalue weighted by Gasteiger charge is 2.23. The molecule has 7 heteroatoms. The van der Waals surface area contributed by atoms with E-state index in [4.69, 9.17) is 19.3 Å². The maximum atomic E-state index is 12.7. The molecule has 0 fully saturated rings. The number of hydrogen-bond donors (Lipinski definition) is 0. The van der Waals surface area contributed by atoms with Crippen molar-refractivity contribution in [1.82, 2.24) is 14.7 Å². The summed E-state index contributed by atoms with van der Waals surface area (Å²) < 4.78 is 19.0. The molecular formula is C26H33N3O4. The number of rotatable bonds is 10. The first kappa shape index (κ1) is 24.2. The van der Waals surface area contributed by atoms with Gasteiger partial charge in [-0.3, -0.25) is 4.79 Å². The fourth-order valence-electron chi connectivity index (χ4n) is 3.52. The second-order valence-electron chi connectivity index (χ2n) is 8.05. The Labute approximate surface area is 195 Å². The summed E-state index contributed by atoms with van der Waals surface area (Å²) in [6, 6.07) is 15.3. The van der Waals surface area contributed by atoms with Crippen LogP contribution in [0.4, 0.5) is 0 Å². The van der Waals surface area contributed by atoms with E-state index in [1.807, 2.05) is 69.4 Å². The van der Waals surface area contributed by atoms with Crippen molar-refractivity contribution in [3.8, 4) is 28.8 Å². The molecule has 1 aromatic heterocycles. The van der Waals surface area contributed by atoms with Crippen molar-refractivity contribution in [2.45, 2.75) is 46.1 Å². The summed E-state index contributed by atoms with van der Waals surface area (Å²) in [4.78, 5) is 14.5. The van der Waals surface area contributed by atoms with Crippen LogP contribution >= 0.6 is 0 Å². The highest BCUT2D eigenvalue weighted by molar-refractivity contribution is 5.76. The van der Waals surface area contributed by atoms with Crippen LogP contribution in [0.25, 0.3) is 5.69 Å². The average molecular weight is 452 g/mol. The van der Waals surface area contributed by atoms with E-state index in [2.05, 4.69) is 6.92 Å². The summed E-state index contributed by atoms with van der Waals surface area (Å²) in [5.74, 6) is 2.65. The number of para-hydroxylation sites is 2. The van der Waals surface area contributed by atoms with Gasteiger partial charge in [0.15, 0.2) is 11.5 Å². The Kier molecular flexibility index (Phi) is 7.98. The van der Waals surface area contributed by atoms with Gasteiger partial charge in [0.25, 0.3) is 0 Å². The van der Waals surface area contributed by atoms with Gasteiger partial charge in [0.1, 0.15) is 5.75 Å². The maximum Gasteiger partial charge on any atom is 0.226 e. The van der Waals surface area contributed by atoms with Crippen molar-refractivity contribution in [3.05, 3.63) is 59.8 Å². The van der Waals surface area contributed by atoms with E-state index in [0.29, 0.717) is 30.2 Å². The number of aromatic nitrogens is 2. The van der Waals surface area contributed by atoms with Crippen LogP contribution in [0.15, 0.2) is 48.5 Å². The monoisotopic (exact) mass is 451 g/mol. The molecule has 0 saturated heterocycles. The summed E-state index contributed by atoms with van der Waals surface area (Å²) in [7, 11) is 5.08. The minimum atomic E-state index is 0.0903. The SMILES string of the molecule is CCc1nn(-c2ccc(OC)cc2)c(Oc2ccccc2OC)c1CCC(=O)N(C)C(C)C. The number of aryl methyl sites for hydroxylation is 1. The number of hydrogen-bond acceptors (Lipinski definition) is 5. The van der Waals surface area contributed by atoms with Gasteiger partial charge in [-0.25, -0.2) is 4.68 Å². The summed E-state index contributed by atoms with van der Waals surface area (Å²) in [6.07, 6.45) is 1.62. The maximum absolute atomic E-state index is 12.7. The second kappa shape index (κ2) is 10.9. The highest BCUT2D eigenvalue weighted by Crippen LogP contribution is 2.36. The van der Waals surface area contributed by atoms with Gasteiger partial charge in [0.05, 0.1) is 25.6 Å². The quantitative estimate of drug-likeness (QED) is 0.432. The lowest BCUT2D eigenvalue weighted by molar-refractivity contribution is -0.131. The molecular weight excluding hydrogens is 418 g/mol. The Bertz CT molecular complexity index is 1070. The molecule has 0 radical (unpaired) electrons. The van der Waals surface area contributed by atoms with Crippen LogP contribution in [0.5, 0.6) is 23.1 Å². The first-order valence-corrected chi connectivity index (χ1v) is 11.2. The van der Waals surface area contributed by atoms with E-state index in [1.165, 1.54) is 0 Å². The van der Waals surface area contributed by atoms with Gasteiger partial charge in [-0.05, 0) is 63.1 Å². The smallest absolute Gasteiger partial charge is 0.226 e. The van der Waals surface area contributed by atoms with Gasteiger partial charge in [-0.15, -0.1) is 0 Å². The van der Waals surface area contributed by atoms with Crippen molar-refractivity contribution >= 4 is 5.91 Å². The third-order valence-electron chi connectivity index (χ3n) is 5.70. The van der Waals surface area contributed by atoms with Crippen LogP contribution in [0.1, 0.15) is 38.4 Å². The zero-order valence-corrected chi connectivity index (χ0v) is 20.3. The van der Waals surface area contributed by atoms with Gasteiger partial charge >= 0.3 is 0 Å². The lowest BCUT2D eigenvalue weighted by atomic mass is 10.1. The summed E-state index contributed by atoms with van der Waals surface area (Å²) in [6.45, 7) is 6.07. The third kappa shape index (κ3) is 5.48. The molecule has 0 bridgehead atoms. The molecule has 0 spiro atoms. The van der Waals surface area contributed by atoms with Crippen LogP contribution in [0.3, 0.4) is 0 Å². The van der Waals surface area contributed by atoms with Crippen molar-refractivity contribution in [2.24, 2.45) is 0 Å². The lowest BCUT2D eigenvalue weighted by Crippen LogP contribution is -2.33. The number of amides is 1. The standard InChI is InChI=1S/C26H33N3O4/c1-7-22-21(16-17-25(30)28(4)18(2)3)26(33-24-11-9-8-10-23(24)32-6)29(27-22)19-12-14-20(31-5)15-13-19/h8-15,18H,7,16-17H2,1-6H3. The van der Waals surface area contributed by atoms with Crippen molar-refractivity contribution in [3.63, 3.8) is 0 Å². The number of carbonyl (C=O) groups is 1. The first-order valence-electron chi connectivity index (χ1n) is 11.2. The predicted octanol–water partition coefficient (Wildman–Crippen LogP) is 5.04. The minimum absolute atomic E-state index is 0.0903. The Balaban J connectivity index is 2.06. The minimum Gasteiger partial charge on any atom is -0.497 e. The Morgan fingerprint density at radius 3 is 2.27 bits per heavy atom. The van der Waals surface area contributed by atoms with E-state index >= 15 is 0 Å². The third-order valence-corrected chi connectivity index (χ3v) is 5.70. The molecule has 1 heterocycles. The Morgan fingerprint density at radius 2 is 1.70 bits per heavy atom. The molecule has 0 aliphatic carbocycles. The van der Waals surface area contributed by atoms with Gasteiger partial charge in [-0.2, -0.15) is 5.10 Å². The molecule has 2 aromatic carbocycles. The molecule has 3 rings (SSSR count). The molecule has 0 N–H and O–H groups in total. The molecule has 1 amide bonds. The lowest BCUT2D eigenvalue weighted by Gasteiger charge is -2.21. The van der Waals surface area contributed by atoms with Gasteiger partial charge in [0.2, 0.25) is 11.8 Å². The topological polar surface area (TPSA) is 65.8 Å². The normalized spacial score (nSPS) is 10.9. The second-order valence-corrected chi connectivity index (χ2v) is 8.05. The van der Waals surface area contributed by atoms with E-state index < -0.39 is 0 Å². The van der Waals surface area contributed by atoms with E-state index in [1.54, 1.807) is 23.8 Å². The molecule has 0 aliphatic rings. The summed E-state index contributed by atoms with van der Waals surface area (Å²) >= 11 is 0. The highest BCUT2D eigenvalue weighted by atomic mass is 16.5. The number of ether oxygens (including phenoxy) is 3. The van der Waals surface area contributed by atoms with Crippen molar-refractivity contribution in [2.75, 3.05) is 21.3 Å². The first-order chi connectivity index (χ1) is 15.9. The average Bonchev–Trinajstić information content (AvgIpc) is 3.19. The molecule has 33 heavy (non-hydrogen) atoms. The largest absolute Gasteiger partial charge is 0.497 e. The molecule has 0 atom stereocenters. The predicted molar refractivity (Wildman–Crippen MR) is 129 cm³/mol.